The van der Waals surface area contributed by atoms with Crippen molar-refractivity contribution in [3.63, 3.8) is 0 Å². The van der Waals surface area contributed by atoms with E-state index in [0.29, 0.717) is 11.3 Å². The summed E-state index contributed by atoms with van der Waals surface area (Å²) in [5.74, 6) is -0.489. The van der Waals surface area contributed by atoms with E-state index < -0.39 is 6.10 Å². The summed E-state index contributed by atoms with van der Waals surface area (Å²) in [7, 11) is 0. The molecule has 2 fully saturated rings. The van der Waals surface area contributed by atoms with E-state index in [-0.39, 0.29) is 23.7 Å². The second kappa shape index (κ2) is 5.02. The van der Waals surface area contributed by atoms with Gasteiger partial charge in [-0.3, -0.25) is 9.59 Å². The number of imide groups is 1. The third kappa shape index (κ3) is 1.95. The monoisotopic (exact) mass is 273 g/mol. The van der Waals surface area contributed by atoms with E-state index in [0.717, 1.165) is 25.7 Å². The Bertz CT molecular complexity index is 528. The minimum atomic E-state index is -0.700. The summed E-state index contributed by atoms with van der Waals surface area (Å²) in [4.78, 5) is 26.4. The van der Waals surface area contributed by atoms with E-state index in [9.17, 15) is 14.7 Å². The van der Waals surface area contributed by atoms with Crippen molar-refractivity contribution in [3.05, 3.63) is 29.8 Å². The number of amides is 2. The highest BCUT2D eigenvalue weighted by molar-refractivity contribution is 6.22. The summed E-state index contributed by atoms with van der Waals surface area (Å²) in [6.45, 7) is 1.65. The zero-order valence-electron chi connectivity index (χ0n) is 11.6. The molecular weight excluding hydrogens is 254 g/mol. The van der Waals surface area contributed by atoms with Gasteiger partial charge in [0.25, 0.3) is 0 Å². The lowest BCUT2D eigenvalue weighted by atomic mass is 9.81. The Morgan fingerprint density at radius 2 is 1.65 bits per heavy atom. The number of nitrogens with zero attached hydrogens (tertiary/aromatic N) is 1. The summed E-state index contributed by atoms with van der Waals surface area (Å²) < 4.78 is 0. The maximum atomic E-state index is 12.5. The van der Waals surface area contributed by atoms with Crippen molar-refractivity contribution in [3.8, 4) is 0 Å². The van der Waals surface area contributed by atoms with Gasteiger partial charge in [-0.15, -0.1) is 0 Å². The highest BCUT2D eigenvalue weighted by Crippen LogP contribution is 2.41. The van der Waals surface area contributed by atoms with Crippen LogP contribution in [-0.4, -0.2) is 16.9 Å². The predicted molar refractivity (Wildman–Crippen MR) is 75.0 cm³/mol. The fourth-order valence-electron chi connectivity index (χ4n) is 3.44. The number of rotatable bonds is 2. The molecule has 4 heteroatoms. The average Bonchev–Trinajstić information content (AvgIpc) is 2.71. The molecule has 1 aromatic carbocycles. The van der Waals surface area contributed by atoms with Gasteiger partial charge < -0.3 is 5.11 Å². The van der Waals surface area contributed by atoms with Gasteiger partial charge in [0.05, 0.1) is 23.6 Å². The van der Waals surface area contributed by atoms with Crippen LogP contribution >= 0.6 is 0 Å². The van der Waals surface area contributed by atoms with E-state index >= 15 is 0 Å². The molecule has 2 amide bonds. The lowest BCUT2D eigenvalue weighted by Crippen LogP contribution is -2.32. The number of para-hydroxylation sites is 1. The quantitative estimate of drug-likeness (QED) is 0.842. The molecule has 3 atom stereocenters. The number of aliphatic hydroxyl groups excluding tert-OH is 1. The van der Waals surface area contributed by atoms with Gasteiger partial charge in [0.15, 0.2) is 0 Å². The highest BCUT2D eigenvalue weighted by atomic mass is 16.3. The Morgan fingerprint density at radius 3 is 2.20 bits per heavy atom. The van der Waals surface area contributed by atoms with Crippen LogP contribution in [0.25, 0.3) is 0 Å². The van der Waals surface area contributed by atoms with Crippen molar-refractivity contribution in [1.82, 2.24) is 0 Å². The molecule has 1 aliphatic carbocycles. The first kappa shape index (κ1) is 13.3. The van der Waals surface area contributed by atoms with Gasteiger partial charge in [-0.05, 0) is 25.8 Å². The maximum absolute atomic E-state index is 12.5. The molecule has 1 aromatic rings. The minimum Gasteiger partial charge on any atom is -0.389 e. The maximum Gasteiger partial charge on any atom is 0.237 e. The largest absolute Gasteiger partial charge is 0.389 e. The van der Waals surface area contributed by atoms with Gasteiger partial charge in [-0.1, -0.05) is 31.0 Å². The third-order valence-electron chi connectivity index (χ3n) is 4.47. The van der Waals surface area contributed by atoms with E-state index in [4.69, 9.17) is 0 Å². The molecule has 0 bridgehead atoms. The first-order valence-corrected chi connectivity index (χ1v) is 7.26. The van der Waals surface area contributed by atoms with Crippen molar-refractivity contribution in [2.75, 3.05) is 4.90 Å². The third-order valence-corrected chi connectivity index (χ3v) is 4.47. The number of fused-ring (bicyclic) bond motifs is 1. The standard InChI is InChI=1S/C16H19NO3/c1-10(18)11-6-4-5-9-14(11)17-15(19)12-7-2-3-8-13(12)16(17)20/h4-6,9-10,12-13,18H,2-3,7-8H2,1H3. The van der Waals surface area contributed by atoms with Crippen LogP contribution in [-0.2, 0) is 9.59 Å². The van der Waals surface area contributed by atoms with Gasteiger partial charge in [-0.2, -0.15) is 0 Å². The number of hydrogen-bond donors (Lipinski definition) is 1. The SMILES string of the molecule is CC(O)c1ccccc1N1C(=O)C2CCCCC2C1=O. The number of anilines is 1. The second-order valence-electron chi connectivity index (χ2n) is 5.74. The first-order valence-electron chi connectivity index (χ1n) is 7.26. The molecule has 3 rings (SSSR count). The molecule has 1 aliphatic heterocycles. The number of aliphatic hydroxyl groups is 1. The van der Waals surface area contributed by atoms with Gasteiger partial charge in [0.1, 0.15) is 0 Å². The molecule has 4 nitrogen and oxygen atoms in total. The first-order chi connectivity index (χ1) is 9.61. The number of benzene rings is 1. The van der Waals surface area contributed by atoms with Crippen LogP contribution in [0, 0.1) is 11.8 Å². The predicted octanol–water partition coefficient (Wildman–Crippen LogP) is 2.42. The van der Waals surface area contributed by atoms with Crippen LogP contribution < -0.4 is 4.90 Å². The van der Waals surface area contributed by atoms with Gasteiger partial charge in [-0.25, -0.2) is 4.90 Å². The van der Waals surface area contributed by atoms with Crippen molar-refractivity contribution in [2.45, 2.75) is 38.7 Å². The lowest BCUT2D eigenvalue weighted by molar-refractivity contribution is -0.122. The Labute approximate surface area is 118 Å². The summed E-state index contributed by atoms with van der Waals surface area (Å²) in [6, 6.07) is 7.12. The fraction of sp³-hybridized carbons (Fsp3) is 0.500. The molecule has 1 saturated carbocycles. The summed E-state index contributed by atoms with van der Waals surface area (Å²) in [6.07, 6.45) is 2.96. The number of hydrogen-bond acceptors (Lipinski definition) is 3. The molecule has 2 aliphatic rings. The molecule has 106 valence electrons. The highest BCUT2D eigenvalue weighted by Gasteiger charge is 2.49. The number of carbonyl (C=O) groups excluding carboxylic acids is 2. The van der Waals surface area contributed by atoms with Gasteiger partial charge in [0.2, 0.25) is 11.8 Å². The molecule has 20 heavy (non-hydrogen) atoms. The Morgan fingerprint density at radius 1 is 1.10 bits per heavy atom. The molecule has 0 spiro atoms. The summed E-state index contributed by atoms with van der Waals surface area (Å²) >= 11 is 0. The Kier molecular flexibility index (Phi) is 3.34. The Hall–Kier alpha value is -1.68. The number of carbonyl (C=O) groups is 2. The molecular formula is C16H19NO3. The van der Waals surface area contributed by atoms with Crippen LogP contribution in [0.1, 0.15) is 44.3 Å². The van der Waals surface area contributed by atoms with Crippen LogP contribution in [0.4, 0.5) is 5.69 Å². The Balaban J connectivity index is 2.02. The molecule has 1 saturated heterocycles. The van der Waals surface area contributed by atoms with Crippen molar-refractivity contribution >= 4 is 17.5 Å². The molecule has 0 radical (unpaired) electrons. The zero-order chi connectivity index (χ0) is 14.3. The van der Waals surface area contributed by atoms with E-state index in [1.54, 1.807) is 25.1 Å². The summed E-state index contributed by atoms with van der Waals surface area (Å²) in [5, 5.41) is 9.85. The van der Waals surface area contributed by atoms with Crippen LogP contribution in [0.3, 0.4) is 0 Å². The topological polar surface area (TPSA) is 57.6 Å². The minimum absolute atomic E-state index is 0.0900. The van der Waals surface area contributed by atoms with Crippen molar-refractivity contribution in [1.29, 1.82) is 0 Å². The zero-order valence-corrected chi connectivity index (χ0v) is 11.6. The van der Waals surface area contributed by atoms with Gasteiger partial charge in [0, 0.05) is 5.56 Å². The van der Waals surface area contributed by atoms with Gasteiger partial charge >= 0.3 is 0 Å². The van der Waals surface area contributed by atoms with E-state index in [1.807, 2.05) is 6.07 Å². The van der Waals surface area contributed by atoms with Crippen LogP contribution in [0.5, 0.6) is 0 Å². The normalized spacial score (nSPS) is 27.6. The summed E-state index contributed by atoms with van der Waals surface area (Å²) in [5.41, 5.74) is 1.18. The smallest absolute Gasteiger partial charge is 0.237 e. The van der Waals surface area contributed by atoms with Crippen molar-refractivity contribution in [2.24, 2.45) is 11.8 Å². The van der Waals surface area contributed by atoms with E-state index in [1.165, 1.54) is 4.90 Å². The van der Waals surface area contributed by atoms with E-state index in [2.05, 4.69) is 0 Å². The molecule has 1 heterocycles. The lowest BCUT2D eigenvalue weighted by Gasteiger charge is -2.20. The van der Waals surface area contributed by atoms with Crippen molar-refractivity contribution < 1.29 is 14.7 Å². The fourth-order valence-corrected chi connectivity index (χ4v) is 3.44. The molecule has 3 unspecified atom stereocenters. The van der Waals surface area contributed by atoms with Crippen LogP contribution in [0.2, 0.25) is 0 Å². The van der Waals surface area contributed by atoms with Crippen LogP contribution in [0.15, 0.2) is 24.3 Å². The average molecular weight is 273 g/mol. The second-order valence-corrected chi connectivity index (χ2v) is 5.74. The molecule has 0 aromatic heterocycles. The molecule has 1 N–H and O–H groups in total.